The van der Waals surface area contributed by atoms with Crippen LogP contribution in [-0.4, -0.2) is 28.2 Å². The van der Waals surface area contributed by atoms with Gasteiger partial charge in [0.05, 0.1) is 11.9 Å². The zero-order chi connectivity index (χ0) is 16.1. The number of aromatic nitrogens is 2. The molecule has 0 saturated carbocycles. The second-order valence-electron chi connectivity index (χ2n) is 4.68. The van der Waals surface area contributed by atoms with Crippen molar-refractivity contribution in [1.29, 1.82) is 0 Å². The Hall–Kier alpha value is -1.99. The summed E-state index contributed by atoms with van der Waals surface area (Å²) in [7, 11) is 0. The van der Waals surface area contributed by atoms with Crippen LogP contribution < -0.4 is 5.32 Å². The number of aromatic amines is 1. The van der Waals surface area contributed by atoms with E-state index in [0.717, 1.165) is 22.2 Å². The van der Waals surface area contributed by atoms with Crippen LogP contribution in [0.1, 0.15) is 10.6 Å². The van der Waals surface area contributed by atoms with Crippen molar-refractivity contribution in [3.63, 3.8) is 0 Å². The number of thioether (sulfide) groups is 1. The van der Waals surface area contributed by atoms with Gasteiger partial charge in [0.15, 0.2) is 15.6 Å². The van der Waals surface area contributed by atoms with E-state index in [2.05, 4.69) is 31.2 Å². The van der Waals surface area contributed by atoms with Crippen molar-refractivity contribution in [3.8, 4) is 11.3 Å². The molecule has 1 aromatic carbocycles. The minimum Gasteiger partial charge on any atom is -0.444 e. The number of furan rings is 1. The molecule has 23 heavy (non-hydrogen) atoms. The molecule has 2 aromatic heterocycles. The summed E-state index contributed by atoms with van der Waals surface area (Å²) < 4.78 is 5.73. The predicted octanol–water partition coefficient (Wildman–Crippen LogP) is 3.95. The van der Waals surface area contributed by atoms with Gasteiger partial charge < -0.3 is 14.7 Å². The molecule has 2 heterocycles. The van der Waals surface area contributed by atoms with Crippen LogP contribution in [0.5, 0.6) is 0 Å². The first-order valence-electron chi connectivity index (χ1n) is 6.99. The molecular weight excluding hydrogens is 378 g/mol. The number of halogens is 1. The summed E-state index contributed by atoms with van der Waals surface area (Å²) in [4.78, 5) is 19.4. The van der Waals surface area contributed by atoms with Crippen LogP contribution in [0.2, 0.25) is 0 Å². The molecule has 3 rings (SSSR count). The molecule has 5 nitrogen and oxygen atoms in total. The van der Waals surface area contributed by atoms with E-state index < -0.39 is 0 Å². The summed E-state index contributed by atoms with van der Waals surface area (Å²) in [6.45, 7) is 0.531. The van der Waals surface area contributed by atoms with Crippen LogP contribution >= 0.6 is 27.7 Å². The minimum absolute atomic E-state index is 0.222. The fraction of sp³-hybridized carbons (Fsp3) is 0.125. The summed E-state index contributed by atoms with van der Waals surface area (Å²) in [5, 5.41) is 3.64. The number of nitrogens with zero attached hydrogens (tertiary/aromatic N) is 1. The van der Waals surface area contributed by atoms with Crippen LogP contribution in [0, 0.1) is 0 Å². The quantitative estimate of drug-likeness (QED) is 0.492. The number of hydrogen-bond acceptors (Lipinski definition) is 4. The minimum atomic E-state index is -0.222. The van der Waals surface area contributed by atoms with Crippen molar-refractivity contribution >= 4 is 33.6 Å². The first kappa shape index (κ1) is 15.9. The lowest BCUT2D eigenvalue weighted by Gasteiger charge is -2.01. The van der Waals surface area contributed by atoms with Crippen LogP contribution in [0.25, 0.3) is 11.3 Å². The molecule has 118 valence electrons. The number of H-pyrrole nitrogens is 1. The van der Waals surface area contributed by atoms with Crippen LogP contribution in [-0.2, 0) is 0 Å². The SMILES string of the molecule is O=C(NCCSc1ncc(-c2ccccc2)[nH]1)c1ccc(Br)o1. The van der Waals surface area contributed by atoms with E-state index in [9.17, 15) is 4.79 Å². The average Bonchev–Trinajstić information content (AvgIpc) is 3.21. The third-order valence-electron chi connectivity index (χ3n) is 3.06. The highest BCUT2D eigenvalue weighted by atomic mass is 79.9. The van der Waals surface area contributed by atoms with Crippen molar-refractivity contribution in [2.45, 2.75) is 5.16 Å². The number of carbonyl (C=O) groups is 1. The molecule has 0 radical (unpaired) electrons. The lowest BCUT2D eigenvalue weighted by Crippen LogP contribution is -2.25. The predicted molar refractivity (Wildman–Crippen MR) is 93.5 cm³/mol. The largest absolute Gasteiger partial charge is 0.444 e. The first-order valence-corrected chi connectivity index (χ1v) is 8.77. The normalized spacial score (nSPS) is 10.7. The lowest BCUT2D eigenvalue weighted by molar-refractivity contribution is 0.0927. The molecule has 0 fully saturated rings. The van der Waals surface area contributed by atoms with Gasteiger partial charge in [-0.15, -0.1) is 0 Å². The number of benzene rings is 1. The van der Waals surface area contributed by atoms with Crippen LogP contribution in [0.15, 0.2) is 62.9 Å². The average molecular weight is 392 g/mol. The van der Waals surface area contributed by atoms with Gasteiger partial charge in [-0.3, -0.25) is 4.79 Å². The summed E-state index contributed by atoms with van der Waals surface area (Å²) in [5.74, 6) is 0.794. The summed E-state index contributed by atoms with van der Waals surface area (Å²) in [6, 6.07) is 13.4. The van der Waals surface area contributed by atoms with Gasteiger partial charge in [0.1, 0.15) is 0 Å². The van der Waals surface area contributed by atoms with E-state index in [-0.39, 0.29) is 5.91 Å². The Labute approximate surface area is 146 Å². The van der Waals surface area contributed by atoms with Crippen molar-refractivity contribution in [1.82, 2.24) is 15.3 Å². The standard InChI is InChI=1S/C16H14BrN3O2S/c17-14-7-6-13(22-14)15(21)18-8-9-23-16-19-10-12(20-16)11-4-2-1-3-5-11/h1-7,10H,8-9H2,(H,18,21)(H,19,20). The second kappa shape index (κ2) is 7.52. The Kier molecular flexibility index (Phi) is 5.19. The lowest BCUT2D eigenvalue weighted by atomic mass is 10.2. The molecule has 2 N–H and O–H groups in total. The van der Waals surface area contributed by atoms with Gasteiger partial charge in [-0.05, 0) is 33.6 Å². The summed E-state index contributed by atoms with van der Waals surface area (Å²) in [6.07, 6.45) is 1.82. The van der Waals surface area contributed by atoms with E-state index in [1.807, 2.05) is 36.5 Å². The zero-order valence-corrected chi connectivity index (χ0v) is 14.5. The van der Waals surface area contributed by atoms with E-state index in [4.69, 9.17) is 4.42 Å². The maximum atomic E-state index is 11.8. The van der Waals surface area contributed by atoms with Gasteiger partial charge in [0.2, 0.25) is 0 Å². The molecule has 0 aliphatic carbocycles. The molecular formula is C16H14BrN3O2S. The van der Waals surface area contributed by atoms with E-state index >= 15 is 0 Å². The molecule has 0 spiro atoms. The maximum absolute atomic E-state index is 11.8. The van der Waals surface area contributed by atoms with Gasteiger partial charge in [-0.2, -0.15) is 0 Å². The Morgan fingerprint density at radius 2 is 2.09 bits per heavy atom. The number of rotatable bonds is 6. The first-order chi connectivity index (χ1) is 11.2. The molecule has 0 atom stereocenters. The van der Waals surface area contributed by atoms with Crippen molar-refractivity contribution in [2.24, 2.45) is 0 Å². The van der Waals surface area contributed by atoms with Gasteiger partial charge in [-0.1, -0.05) is 42.1 Å². The Morgan fingerprint density at radius 3 is 2.83 bits per heavy atom. The number of nitrogens with one attached hydrogen (secondary N) is 2. The molecule has 7 heteroatoms. The highest BCUT2D eigenvalue weighted by Crippen LogP contribution is 2.20. The molecule has 0 saturated heterocycles. The summed E-state index contributed by atoms with van der Waals surface area (Å²) in [5.41, 5.74) is 2.08. The fourth-order valence-corrected chi connectivity index (χ4v) is 2.99. The highest BCUT2D eigenvalue weighted by Gasteiger charge is 2.09. The van der Waals surface area contributed by atoms with E-state index in [1.54, 1.807) is 23.9 Å². The van der Waals surface area contributed by atoms with Gasteiger partial charge in [0, 0.05) is 12.3 Å². The van der Waals surface area contributed by atoms with Gasteiger partial charge >= 0.3 is 0 Å². The molecule has 1 amide bonds. The molecule has 0 bridgehead atoms. The molecule has 0 unspecified atom stereocenters. The number of carbonyl (C=O) groups excluding carboxylic acids is 1. The van der Waals surface area contributed by atoms with Gasteiger partial charge in [-0.25, -0.2) is 4.98 Å². The third-order valence-corrected chi connectivity index (χ3v) is 4.38. The molecule has 0 aliphatic rings. The van der Waals surface area contributed by atoms with Crippen molar-refractivity contribution in [2.75, 3.05) is 12.3 Å². The Bertz CT molecular complexity index is 785. The zero-order valence-electron chi connectivity index (χ0n) is 12.1. The monoisotopic (exact) mass is 391 g/mol. The smallest absolute Gasteiger partial charge is 0.287 e. The number of imidazole rings is 1. The molecule has 0 aliphatic heterocycles. The Morgan fingerprint density at radius 1 is 1.26 bits per heavy atom. The molecule has 3 aromatic rings. The third kappa shape index (κ3) is 4.27. The van der Waals surface area contributed by atoms with Crippen LogP contribution in [0.4, 0.5) is 0 Å². The second-order valence-corrected chi connectivity index (χ2v) is 6.54. The number of hydrogen-bond donors (Lipinski definition) is 2. The van der Waals surface area contributed by atoms with E-state index in [1.165, 1.54) is 0 Å². The van der Waals surface area contributed by atoms with Crippen molar-refractivity contribution < 1.29 is 9.21 Å². The maximum Gasteiger partial charge on any atom is 0.287 e. The summed E-state index contributed by atoms with van der Waals surface area (Å²) >= 11 is 4.73. The van der Waals surface area contributed by atoms with E-state index in [0.29, 0.717) is 17.0 Å². The van der Waals surface area contributed by atoms with Crippen molar-refractivity contribution in [3.05, 3.63) is 59.1 Å². The van der Waals surface area contributed by atoms with Gasteiger partial charge in [0.25, 0.3) is 5.91 Å². The fourth-order valence-electron chi connectivity index (χ4n) is 1.98. The topological polar surface area (TPSA) is 70.9 Å². The number of amides is 1. The van der Waals surface area contributed by atoms with Crippen LogP contribution in [0.3, 0.4) is 0 Å². The highest BCUT2D eigenvalue weighted by molar-refractivity contribution is 9.10. The Balaban J connectivity index is 1.46.